The van der Waals surface area contributed by atoms with Crippen LogP contribution in [0, 0.1) is 0 Å². The van der Waals surface area contributed by atoms with E-state index in [1.54, 1.807) is 13.2 Å². The number of hydrogen-bond donors (Lipinski definition) is 1. The van der Waals surface area contributed by atoms with E-state index in [2.05, 4.69) is 10.4 Å². The number of amides is 1. The first-order valence-corrected chi connectivity index (χ1v) is 9.73. The number of ether oxygens (including phenoxy) is 1. The van der Waals surface area contributed by atoms with E-state index in [1.165, 1.54) is 28.1 Å². The Hall–Kier alpha value is -2.42. The van der Waals surface area contributed by atoms with Gasteiger partial charge in [-0.3, -0.25) is 10.2 Å². The molecule has 2 aromatic carbocycles. The monoisotopic (exact) mass is 399 g/mol. The number of carbonyl (C=O) groups excluding carboxylic acids is 1. The van der Waals surface area contributed by atoms with Crippen molar-refractivity contribution in [3.8, 4) is 5.75 Å². The number of anilines is 1. The third-order valence-electron chi connectivity index (χ3n) is 3.72. The van der Waals surface area contributed by atoms with Gasteiger partial charge >= 0.3 is 0 Å². The van der Waals surface area contributed by atoms with Crippen LogP contribution in [0.2, 0.25) is 0 Å². The van der Waals surface area contributed by atoms with E-state index < -0.39 is 0 Å². The number of benzene rings is 2. The number of nitrogens with one attached hydrogen (secondary N) is 1. The molecular formula is C18H13N3O2S3. The molecule has 0 unspecified atom stereocenters. The zero-order chi connectivity index (χ0) is 18.1. The lowest BCUT2D eigenvalue weighted by molar-refractivity contribution is -0.121. The maximum absolute atomic E-state index is 12.8. The Balaban J connectivity index is 1.60. The van der Waals surface area contributed by atoms with Gasteiger partial charge in [-0.15, -0.1) is 0 Å². The van der Waals surface area contributed by atoms with E-state index in [4.69, 9.17) is 17.0 Å². The van der Waals surface area contributed by atoms with Crippen molar-refractivity contribution < 1.29 is 9.53 Å². The summed E-state index contributed by atoms with van der Waals surface area (Å²) in [5, 5.41) is 1.99. The van der Waals surface area contributed by atoms with E-state index in [9.17, 15) is 4.79 Å². The lowest BCUT2D eigenvalue weighted by atomic mass is 10.2. The SMILES string of the molecule is COc1ccccc1/C=C1\SC(=S)N(Nc2nc3ccccc3s2)C1=O. The summed E-state index contributed by atoms with van der Waals surface area (Å²) < 4.78 is 6.82. The molecule has 1 aliphatic heterocycles. The zero-order valence-electron chi connectivity index (χ0n) is 13.6. The summed E-state index contributed by atoms with van der Waals surface area (Å²) in [4.78, 5) is 17.8. The standard InChI is InChI=1S/C18H13N3O2S3/c1-23-13-8-4-2-6-11(13)10-15-16(22)21(18(24)26-15)20-17-19-12-7-3-5-9-14(12)25-17/h2-10H,1H3,(H,19,20)/b15-10-. The highest BCUT2D eigenvalue weighted by Gasteiger charge is 2.33. The molecular weight excluding hydrogens is 386 g/mol. The molecule has 0 atom stereocenters. The Bertz CT molecular complexity index is 1010. The number of carbonyl (C=O) groups is 1. The van der Waals surface area contributed by atoms with Crippen molar-refractivity contribution in [3.63, 3.8) is 0 Å². The van der Waals surface area contributed by atoms with E-state index in [0.717, 1.165) is 15.8 Å². The van der Waals surface area contributed by atoms with Crippen LogP contribution in [0.1, 0.15) is 5.56 Å². The minimum atomic E-state index is -0.204. The Morgan fingerprint density at radius 3 is 2.77 bits per heavy atom. The van der Waals surface area contributed by atoms with E-state index in [0.29, 0.717) is 20.1 Å². The second-order valence-electron chi connectivity index (χ2n) is 5.36. The molecule has 1 aliphatic rings. The zero-order valence-corrected chi connectivity index (χ0v) is 16.1. The van der Waals surface area contributed by atoms with Gasteiger partial charge in [0.2, 0.25) is 5.13 Å². The second kappa shape index (κ2) is 7.06. The normalized spacial score (nSPS) is 15.9. The maximum atomic E-state index is 12.8. The van der Waals surface area contributed by atoms with Gasteiger partial charge in [-0.25, -0.2) is 4.98 Å². The van der Waals surface area contributed by atoms with Crippen molar-refractivity contribution in [2.24, 2.45) is 0 Å². The second-order valence-corrected chi connectivity index (χ2v) is 8.06. The highest BCUT2D eigenvalue weighted by Crippen LogP contribution is 2.35. The summed E-state index contributed by atoms with van der Waals surface area (Å²) in [6.45, 7) is 0. The largest absolute Gasteiger partial charge is 0.496 e. The van der Waals surface area contributed by atoms with Crippen LogP contribution in [0.5, 0.6) is 5.75 Å². The molecule has 4 rings (SSSR count). The van der Waals surface area contributed by atoms with Gasteiger partial charge in [-0.1, -0.05) is 53.4 Å². The Morgan fingerprint density at radius 2 is 1.96 bits per heavy atom. The highest BCUT2D eigenvalue weighted by atomic mass is 32.2. The average molecular weight is 400 g/mol. The summed E-state index contributed by atoms with van der Waals surface area (Å²) in [6.07, 6.45) is 1.79. The van der Waals surface area contributed by atoms with Crippen LogP contribution >= 0.6 is 35.3 Å². The molecule has 5 nitrogen and oxygen atoms in total. The molecule has 0 saturated carbocycles. The number of rotatable bonds is 4. The van der Waals surface area contributed by atoms with Crippen molar-refractivity contribution in [3.05, 3.63) is 59.0 Å². The molecule has 0 bridgehead atoms. The predicted octanol–water partition coefficient (Wildman–Crippen LogP) is 4.53. The molecule has 0 spiro atoms. The first-order valence-electron chi connectivity index (χ1n) is 7.69. The minimum absolute atomic E-state index is 0.204. The van der Waals surface area contributed by atoms with E-state index in [-0.39, 0.29) is 5.91 Å². The van der Waals surface area contributed by atoms with Gasteiger partial charge in [0.05, 0.1) is 22.2 Å². The lowest BCUT2D eigenvalue weighted by Gasteiger charge is -2.14. The molecule has 1 aromatic heterocycles. The molecule has 8 heteroatoms. The number of fused-ring (bicyclic) bond motifs is 1. The van der Waals surface area contributed by atoms with Gasteiger partial charge in [-0.05, 0) is 36.5 Å². The fourth-order valence-corrected chi connectivity index (χ4v) is 4.53. The third-order valence-corrected chi connectivity index (χ3v) is 5.96. The predicted molar refractivity (Wildman–Crippen MR) is 111 cm³/mol. The smallest absolute Gasteiger partial charge is 0.285 e. The Morgan fingerprint density at radius 1 is 1.19 bits per heavy atom. The average Bonchev–Trinajstić information content (AvgIpc) is 3.18. The van der Waals surface area contributed by atoms with Crippen molar-refractivity contribution >= 4 is 67.0 Å². The van der Waals surface area contributed by atoms with Gasteiger partial charge < -0.3 is 4.74 Å². The number of thiocarbonyl (C=S) groups is 1. The highest BCUT2D eigenvalue weighted by molar-refractivity contribution is 8.26. The van der Waals surface area contributed by atoms with E-state index in [1.807, 2.05) is 48.5 Å². The van der Waals surface area contributed by atoms with Crippen LogP contribution in [0.25, 0.3) is 16.3 Å². The minimum Gasteiger partial charge on any atom is -0.496 e. The van der Waals surface area contributed by atoms with Gasteiger partial charge in [-0.2, -0.15) is 5.01 Å². The number of hydrazine groups is 1. The number of thiazole rings is 1. The number of methoxy groups -OCH3 is 1. The first kappa shape index (κ1) is 17.0. The maximum Gasteiger partial charge on any atom is 0.285 e. The summed E-state index contributed by atoms with van der Waals surface area (Å²) in [6, 6.07) is 15.3. The molecule has 0 radical (unpaired) electrons. The number of para-hydroxylation sites is 2. The van der Waals surface area contributed by atoms with Crippen LogP contribution in [0.4, 0.5) is 5.13 Å². The van der Waals surface area contributed by atoms with Crippen LogP contribution in [-0.2, 0) is 4.79 Å². The summed E-state index contributed by atoms with van der Waals surface area (Å²) >= 11 is 8.09. The van der Waals surface area contributed by atoms with Crippen LogP contribution in [-0.4, -0.2) is 27.3 Å². The molecule has 1 N–H and O–H groups in total. The summed E-state index contributed by atoms with van der Waals surface area (Å²) in [7, 11) is 1.60. The van der Waals surface area contributed by atoms with Crippen LogP contribution < -0.4 is 10.2 Å². The number of aromatic nitrogens is 1. The van der Waals surface area contributed by atoms with Crippen molar-refractivity contribution in [1.29, 1.82) is 0 Å². The van der Waals surface area contributed by atoms with Gasteiger partial charge in [0.25, 0.3) is 5.91 Å². The molecule has 130 valence electrons. The molecule has 26 heavy (non-hydrogen) atoms. The fraction of sp³-hybridized carbons (Fsp3) is 0.0556. The topological polar surface area (TPSA) is 54.5 Å². The molecule has 1 fully saturated rings. The number of thioether (sulfide) groups is 1. The van der Waals surface area contributed by atoms with Crippen molar-refractivity contribution in [1.82, 2.24) is 9.99 Å². The number of nitrogens with zero attached hydrogens (tertiary/aromatic N) is 2. The van der Waals surface area contributed by atoms with Gasteiger partial charge in [0.1, 0.15) is 5.75 Å². The van der Waals surface area contributed by atoms with E-state index >= 15 is 0 Å². The Kier molecular flexibility index (Phi) is 4.62. The van der Waals surface area contributed by atoms with Crippen LogP contribution in [0.15, 0.2) is 53.4 Å². The molecule has 1 saturated heterocycles. The van der Waals surface area contributed by atoms with Crippen molar-refractivity contribution in [2.75, 3.05) is 12.5 Å². The molecule has 2 heterocycles. The molecule has 1 amide bonds. The van der Waals surface area contributed by atoms with Crippen molar-refractivity contribution in [2.45, 2.75) is 0 Å². The molecule has 3 aromatic rings. The lowest BCUT2D eigenvalue weighted by Crippen LogP contribution is -2.33. The van der Waals surface area contributed by atoms with Gasteiger partial charge in [0.15, 0.2) is 4.32 Å². The summed E-state index contributed by atoms with van der Waals surface area (Å²) in [5.74, 6) is 0.502. The quantitative estimate of drug-likeness (QED) is 0.514. The Labute approximate surface area is 163 Å². The third kappa shape index (κ3) is 3.18. The summed E-state index contributed by atoms with van der Waals surface area (Å²) in [5.41, 5.74) is 4.74. The number of hydrogen-bond acceptors (Lipinski definition) is 7. The van der Waals surface area contributed by atoms with Gasteiger partial charge in [0, 0.05) is 5.56 Å². The fourth-order valence-electron chi connectivity index (χ4n) is 2.51. The first-order chi connectivity index (χ1) is 12.7. The van der Waals surface area contributed by atoms with Crippen LogP contribution in [0.3, 0.4) is 0 Å². The molecule has 0 aliphatic carbocycles.